The van der Waals surface area contributed by atoms with E-state index in [0.717, 1.165) is 33.8 Å². The lowest BCUT2D eigenvalue weighted by molar-refractivity contribution is -0.113. The molecule has 35 heavy (non-hydrogen) atoms. The fraction of sp³-hybridized carbons (Fsp3) is 0.115. The van der Waals surface area contributed by atoms with Crippen molar-refractivity contribution in [3.63, 3.8) is 0 Å². The van der Waals surface area contributed by atoms with Gasteiger partial charge in [-0.25, -0.2) is 19.9 Å². The number of carbonyl (C=O) groups excluding carboxylic acids is 1. The molecule has 0 atom stereocenters. The molecule has 9 heteroatoms. The molecule has 174 valence electrons. The number of rotatable bonds is 6. The largest absolute Gasteiger partial charge is 0.457 e. The molecule has 0 spiro atoms. The van der Waals surface area contributed by atoms with Gasteiger partial charge in [0.2, 0.25) is 0 Å². The van der Waals surface area contributed by atoms with Gasteiger partial charge in [-0.05, 0) is 61.0 Å². The topological polar surface area (TPSA) is 98.1 Å². The normalized spacial score (nSPS) is 10.9. The summed E-state index contributed by atoms with van der Waals surface area (Å²) in [7, 11) is 3.60. The number of imidazole rings is 1. The minimum Gasteiger partial charge on any atom is -0.457 e. The van der Waals surface area contributed by atoms with E-state index in [1.165, 1.54) is 17.3 Å². The number of hydrogen-bond acceptors (Lipinski definition) is 7. The lowest BCUT2D eigenvalue weighted by Gasteiger charge is -2.15. The van der Waals surface area contributed by atoms with Crippen LogP contribution in [0.4, 0.5) is 17.3 Å². The maximum atomic E-state index is 12.0. The van der Waals surface area contributed by atoms with E-state index in [0.29, 0.717) is 22.7 Å². The number of pyridine rings is 1. The smallest absolute Gasteiger partial charge is 0.251 e. The summed E-state index contributed by atoms with van der Waals surface area (Å²) < 4.78 is 8.08. The minimum absolute atomic E-state index is 0.253. The zero-order chi connectivity index (χ0) is 24.5. The maximum absolute atomic E-state index is 12.0. The Morgan fingerprint density at radius 2 is 1.94 bits per heavy atom. The van der Waals surface area contributed by atoms with Gasteiger partial charge in [0.15, 0.2) is 5.82 Å². The molecule has 0 aliphatic heterocycles. The van der Waals surface area contributed by atoms with Gasteiger partial charge in [-0.3, -0.25) is 9.69 Å². The number of hydrogen-bond donors (Lipinski definition) is 1. The van der Waals surface area contributed by atoms with Crippen LogP contribution in [0.25, 0.3) is 22.1 Å². The van der Waals surface area contributed by atoms with Crippen LogP contribution < -0.4 is 15.0 Å². The molecule has 0 saturated heterocycles. The highest BCUT2D eigenvalue weighted by Crippen LogP contribution is 2.31. The molecular weight excluding hydrogens is 442 g/mol. The van der Waals surface area contributed by atoms with Crippen molar-refractivity contribution < 1.29 is 9.53 Å². The summed E-state index contributed by atoms with van der Waals surface area (Å²) in [5.74, 6) is 2.21. The number of benzene rings is 2. The monoisotopic (exact) mass is 465 g/mol. The van der Waals surface area contributed by atoms with Gasteiger partial charge < -0.3 is 14.6 Å². The van der Waals surface area contributed by atoms with Crippen LogP contribution in [0, 0.1) is 6.92 Å². The molecule has 2 aromatic carbocycles. The zero-order valence-corrected chi connectivity index (χ0v) is 19.6. The molecule has 5 aromatic rings. The van der Waals surface area contributed by atoms with Crippen molar-refractivity contribution in [1.82, 2.24) is 24.5 Å². The summed E-state index contributed by atoms with van der Waals surface area (Å²) in [6.45, 7) is 5.50. The third kappa shape index (κ3) is 4.26. The molecule has 5 rings (SSSR count). The summed E-state index contributed by atoms with van der Waals surface area (Å²) in [6, 6.07) is 15.2. The van der Waals surface area contributed by atoms with Crippen LogP contribution in [0.1, 0.15) is 5.56 Å². The van der Waals surface area contributed by atoms with E-state index < -0.39 is 0 Å². The predicted molar refractivity (Wildman–Crippen MR) is 136 cm³/mol. The van der Waals surface area contributed by atoms with Crippen LogP contribution in [0.5, 0.6) is 11.5 Å². The van der Waals surface area contributed by atoms with Crippen molar-refractivity contribution in [3.05, 3.63) is 79.4 Å². The second kappa shape index (κ2) is 8.86. The van der Waals surface area contributed by atoms with Crippen LogP contribution >= 0.6 is 0 Å². The van der Waals surface area contributed by atoms with E-state index in [1.807, 2.05) is 54.9 Å². The first-order chi connectivity index (χ1) is 16.9. The van der Waals surface area contributed by atoms with Crippen LogP contribution in [0.2, 0.25) is 0 Å². The molecule has 0 saturated carbocycles. The number of aryl methyl sites for hydroxylation is 2. The standard InChI is InChI=1S/C26H23N7O2/c1-5-24(34)33(4)23-11-8-19-25(31-23)26(28-14-27-19)30-17-6-10-22(16(2)12-17)35-18-7-9-21-20(13-18)29-15-32(21)3/h5-15H,1H2,2-4H3,(H,27,28,30). The molecule has 3 aromatic heterocycles. The summed E-state index contributed by atoms with van der Waals surface area (Å²) in [5.41, 5.74) is 4.89. The first-order valence-electron chi connectivity index (χ1n) is 10.9. The van der Waals surface area contributed by atoms with Gasteiger partial charge in [-0.1, -0.05) is 6.58 Å². The zero-order valence-electron chi connectivity index (χ0n) is 19.6. The summed E-state index contributed by atoms with van der Waals surface area (Å²) in [4.78, 5) is 31.1. The van der Waals surface area contributed by atoms with E-state index in [-0.39, 0.29) is 5.91 Å². The Kier molecular flexibility index (Phi) is 5.58. The Morgan fingerprint density at radius 3 is 2.74 bits per heavy atom. The van der Waals surface area contributed by atoms with Crippen molar-refractivity contribution in [3.8, 4) is 11.5 Å². The van der Waals surface area contributed by atoms with Crippen molar-refractivity contribution in [2.75, 3.05) is 17.3 Å². The molecule has 0 bridgehead atoms. The average Bonchev–Trinajstić information content (AvgIpc) is 3.24. The fourth-order valence-electron chi connectivity index (χ4n) is 3.74. The molecule has 0 fully saturated rings. The van der Waals surface area contributed by atoms with Crippen LogP contribution in [0.15, 0.2) is 73.8 Å². The fourth-order valence-corrected chi connectivity index (χ4v) is 3.74. The quantitative estimate of drug-likeness (QED) is 0.356. The van der Waals surface area contributed by atoms with Gasteiger partial charge in [0.05, 0.1) is 22.9 Å². The van der Waals surface area contributed by atoms with E-state index in [2.05, 4.69) is 31.8 Å². The lowest BCUT2D eigenvalue weighted by Crippen LogP contribution is -2.24. The van der Waals surface area contributed by atoms with Gasteiger partial charge in [-0.15, -0.1) is 0 Å². The van der Waals surface area contributed by atoms with E-state index in [1.54, 1.807) is 25.5 Å². The number of nitrogens with zero attached hydrogens (tertiary/aromatic N) is 6. The Bertz CT molecular complexity index is 1590. The lowest BCUT2D eigenvalue weighted by atomic mass is 10.2. The van der Waals surface area contributed by atoms with Crippen molar-refractivity contribution in [2.24, 2.45) is 7.05 Å². The molecule has 3 heterocycles. The SMILES string of the molecule is C=CC(=O)N(C)c1ccc2ncnc(Nc3ccc(Oc4ccc5c(c4)ncn5C)c(C)c3)c2n1. The molecule has 0 aliphatic carbocycles. The first-order valence-corrected chi connectivity index (χ1v) is 10.9. The van der Waals surface area contributed by atoms with Gasteiger partial charge >= 0.3 is 0 Å². The van der Waals surface area contributed by atoms with Gasteiger partial charge in [-0.2, -0.15) is 0 Å². The molecular formula is C26H23N7O2. The van der Waals surface area contributed by atoms with E-state index in [4.69, 9.17) is 4.74 Å². The maximum Gasteiger partial charge on any atom is 0.251 e. The highest BCUT2D eigenvalue weighted by atomic mass is 16.5. The number of fused-ring (bicyclic) bond motifs is 2. The number of anilines is 3. The van der Waals surface area contributed by atoms with E-state index >= 15 is 0 Å². The summed E-state index contributed by atoms with van der Waals surface area (Å²) in [5, 5.41) is 3.31. The summed E-state index contributed by atoms with van der Waals surface area (Å²) >= 11 is 0. The molecule has 0 unspecified atom stereocenters. The highest BCUT2D eigenvalue weighted by Gasteiger charge is 2.13. The van der Waals surface area contributed by atoms with Gasteiger partial charge in [0, 0.05) is 25.8 Å². The van der Waals surface area contributed by atoms with Crippen LogP contribution in [-0.2, 0) is 11.8 Å². The number of aromatic nitrogens is 5. The Hall–Kier alpha value is -4.79. The molecule has 1 amide bonds. The Balaban J connectivity index is 1.41. The van der Waals surface area contributed by atoms with Crippen LogP contribution in [0.3, 0.4) is 0 Å². The molecule has 9 nitrogen and oxygen atoms in total. The van der Waals surface area contributed by atoms with Crippen molar-refractivity contribution in [2.45, 2.75) is 6.92 Å². The van der Waals surface area contributed by atoms with Crippen LogP contribution in [-0.4, -0.2) is 37.5 Å². The third-order valence-corrected chi connectivity index (χ3v) is 5.68. The molecule has 0 aliphatic rings. The number of nitrogens with one attached hydrogen (secondary N) is 1. The molecule has 0 radical (unpaired) electrons. The number of carbonyl (C=O) groups is 1. The Labute approximate surface area is 201 Å². The minimum atomic E-state index is -0.253. The second-order valence-corrected chi connectivity index (χ2v) is 8.07. The van der Waals surface area contributed by atoms with Crippen molar-refractivity contribution in [1.29, 1.82) is 0 Å². The second-order valence-electron chi connectivity index (χ2n) is 8.07. The number of amides is 1. The number of likely N-dealkylation sites (N-methyl/N-ethyl adjacent to an activating group) is 1. The number of ether oxygens (including phenoxy) is 1. The predicted octanol–water partition coefficient (Wildman–Crippen LogP) is 4.90. The van der Waals surface area contributed by atoms with Crippen molar-refractivity contribution >= 4 is 45.3 Å². The van der Waals surface area contributed by atoms with Gasteiger partial charge in [0.25, 0.3) is 5.91 Å². The van der Waals surface area contributed by atoms with Gasteiger partial charge in [0.1, 0.15) is 29.2 Å². The Morgan fingerprint density at radius 1 is 1.09 bits per heavy atom. The summed E-state index contributed by atoms with van der Waals surface area (Å²) in [6.07, 6.45) is 4.50. The highest BCUT2D eigenvalue weighted by molar-refractivity contribution is 6.01. The average molecular weight is 466 g/mol. The van der Waals surface area contributed by atoms with E-state index in [9.17, 15) is 4.79 Å². The molecule has 1 N–H and O–H groups in total. The third-order valence-electron chi connectivity index (χ3n) is 5.68. The first kappa shape index (κ1) is 22.0.